The highest BCUT2D eigenvalue weighted by molar-refractivity contribution is 5.92. The second kappa shape index (κ2) is 7.40. The van der Waals surface area contributed by atoms with E-state index in [1.54, 1.807) is 0 Å². The number of benzene rings is 1. The zero-order valence-corrected chi connectivity index (χ0v) is 12.3. The maximum absolute atomic E-state index is 12.0. The molecule has 116 valence electrons. The number of aliphatic hydroxyl groups is 1. The van der Waals surface area contributed by atoms with Crippen LogP contribution in [0.1, 0.15) is 12.0 Å². The summed E-state index contributed by atoms with van der Waals surface area (Å²) in [6.07, 6.45) is 0.380. The van der Waals surface area contributed by atoms with Gasteiger partial charge >= 0.3 is 0 Å². The van der Waals surface area contributed by atoms with E-state index in [0.29, 0.717) is 31.9 Å². The van der Waals surface area contributed by atoms with Crippen molar-refractivity contribution >= 4 is 17.3 Å². The minimum Gasteiger partial charge on any atom is -0.398 e. The van der Waals surface area contributed by atoms with Crippen LogP contribution < -0.4 is 11.1 Å². The molecule has 0 bridgehead atoms. The summed E-state index contributed by atoms with van der Waals surface area (Å²) in [5, 5.41) is 12.2. The number of aliphatic hydroxyl groups excluding tert-OH is 1. The molecule has 1 unspecified atom stereocenters. The molecule has 21 heavy (non-hydrogen) atoms. The van der Waals surface area contributed by atoms with Crippen LogP contribution in [0, 0.1) is 6.92 Å². The van der Waals surface area contributed by atoms with Gasteiger partial charge in [0.1, 0.15) is 0 Å². The second-order valence-electron chi connectivity index (χ2n) is 5.27. The molecule has 0 radical (unpaired) electrons. The summed E-state index contributed by atoms with van der Waals surface area (Å²) >= 11 is 0. The Morgan fingerprint density at radius 2 is 2.38 bits per heavy atom. The summed E-state index contributed by atoms with van der Waals surface area (Å²) in [4.78, 5) is 14.1. The van der Waals surface area contributed by atoms with Gasteiger partial charge in [0.15, 0.2) is 0 Å². The van der Waals surface area contributed by atoms with Crippen molar-refractivity contribution in [3.8, 4) is 0 Å². The Bertz CT molecular complexity index is 493. The van der Waals surface area contributed by atoms with Gasteiger partial charge in [0, 0.05) is 30.9 Å². The van der Waals surface area contributed by atoms with Gasteiger partial charge in [0.2, 0.25) is 5.91 Å². The van der Waals surface area contributed by atoms with Crippen molar-refractivity contribution in [2.45, 2.75) is 19.4 Å². The number of morpholine rings is 1. The third kappa shape index (κ3) is 4.17. The van der Waals surface area contributed by atoms with Gasteiger partial charge in [-0.1, -0.05) is 6.07 Å². The molecular formula is C15H23N3O3. The van der Waals surface area contributed by atoms with E-state index in [2.05, 4.69) is 10.2 Å². The number of carbonyl (C=O) groups is 1. The standard InChI is InChI=1S/C15H23N3O3/c1-11-13(16)3-2-4-14(11)17-15(20)5-6-18-7-8-21-10-12(18)9-19/h2-4,12,19H,5-10,16H2,1H3,(H,17,20). The van der Waals surface area contributed by atoms with Crippen LogP contribution in [0.5, 0.6) is 0 Å². The molecule has 6 nitrogen and oxygen atoms in total. The van der Waals surface area contributed by atoms with Gasteiger partial charge in [-0.15, -0.1) is 0 Å². The van der Waals surface area contributed by atoms with E-state index in [0.717, 1.165) is 17.8 Å². The van der Waals surface area contributed by atoms with Crippen molar-refractivity contribution in [1.29, 1.82) is 0 Å². The molecule has 0 aliphatic carbocycles. The fourth-order valence-corrected chi connectivity index (χ4v) is 2.40. The SMILES string of the molecule is Cc1c(N)cccc1NC(=O)CCN1CCOCC1CO. The Labute approximate surface area is 124 Å². The number of rotatable bonds is 5. The highest BCUT2D eigenvalue weighted by Gasteiger charge is 2.22. The second-order valence-corrected chi connectivity index (χ2v) is 5.27. The van der Waals surface area contributed by atoms with Crippen LogP contribution in [0.15, 0.2) is 18.2 Å². The summed E-state index contributed by atoms with van der Waals surface area (Å²) in [6, 6.07) is 5.46. The van der Waals surface area contributed by atoms with Gasteiger partial charge in [0.05, 0.1) is 25.9 Å². The highest BCUT2D eigenvalue weighted by atomic mass is 16.5. The number of nitrogens with zero attached hydrogens (tertiary/aromatic N) is 1. The number of anilines is 2. The van der Waals surface area contributed by atoms with Crippen molar-refractivity contribution in [2.75, 3.05) is 44.0 Å². The number of nitrogen functional groups attached to an aromatic ring is 1. The number of hydrogen-bond acceptors (Lipinski definition) is 5. The molecule has 1 saturated heterocycles. The van der Waals surface area contributed by atoms with Gasteiger partial charge in [-0.25, -0.2) is 0 Å². The van der Waals surface area contributed by atoms with Crippen LogP contribution >= 0.6 is 0 Å². The number of amides is 1. The molecule has 1 aliphatic heterocycles. The fraction of sp³-hybridized carbons (Fsp3) is 0.533. The molecule has 1 atom stereocenters. The summed E-state index contributed by atoms with van der Waals surface area (Å²) in [6.45, 7) is 4.46. The van der Waals surface area contributed by atoms with E-state index < -0.39 is 0 Å². The Morgan fingerprint density at radius 1 is 1.57 bits per heavy atom. The van der Waals surface area contributed by atoms with E-state index in [4.69, 9.17) is 10.5 Å². The van der Waals surface area contributed by atoms with E-state index >= 15 is 0 Å². The van der Waals surface area contributed by atoms with E-state index in [1.807, 2.05) is 25.1 Å². The Balaban J connectivity index is 1.85. The third-order valence-electron chi connectivity index (χ3n) is 3.84. The van der Waals surface area contributed by atoms with Gasteiger partial charge in [0.25, 0.3) is 0 Å². The first-order valence-electron chi connectivity index (χ1n) is 7.19. The van der Waals surface area contributed by atoms with Gasteiger partial charge in [-0.2, -0.15) is 0 Å². The molecule has 1 aromatic rings. The van der Waals surface area contributed by atoms with Crippen LogP contribution in [0.25, 0.3) is 0 Å². The molecular weight excluding hydrogens is 270 g/mol. The molecule has 1 aromatic carbocycles. The van der Waals surface area contributed by atoms with E-state index in [-0.39, 0.29) is 18.6 Å². The average Bonchev–Trinajstić information content (AvgIpc) is 2.50. The molecule has 6 heteroatoms. The summed E-state index contributed by atoms with van der Waals surface area (Å²) in [5.74, 6) is -0.0492. The first-order chi connectivity index (χ1) is 10.1. The largest absolute Gasteiger partial charge is 0.398 e. The monoisotopic (exact) mass is 293 g/mol. The molecule has 2 rings (SSSR count). The van der Waals surface area contributed by atoms with Crippen LogP contribution in [0.4, 0.5) is 11.4 Å². The first kappa shape index (κ1) is 15.8. The Morgan fingerprint density at radius 3 is 3.14 bits per heavy atom. The quantitative estimate of drug-likeness (QED) is 0.692. The van der Waals surface area contributed by atoms with Gasteiger partial charge in [-0.3, -0.25) is 9.69 Å². The number of nitrogens with one attached hydrogen (secondary N) is 1. The van der Waals surface area contributed by atoms with Crippen LogP contribution in [0.3, 0.4) is 0 Å². The number of ether oxygens (including phenoxy) is 1. The lowest BCUT2D eigenvalue weighted by molar-refractivity contribution is -0.117. The number of hydrogen-bond donors (Lipinski definition) is 3. The molecule has 1 amide bonds. The Kier molecular flexibility index (Phi) is 5.55. The molecule has 1 aliphatic rings. The highest BCUT2D eigenvalue weighted by Crippen LogP contribution is 2.20. The lowest BCUT2D eigenvalue weighted by Crippen LogP contribution is -2.48. The van der Waals surface area contributed by atoms with Crippen LogP contribution in [0.2, 0.25) is 0 Å². The average molecular weight is 293 g/mol. The molecule has 0 aromatic heterocycles. The zero-order chi connectivity index (χ0) is 15.2. The summed E-state index contributed by atoms with van der Waals surface area (Å²) < 4.78 is 5.32. The topological polar surface area (TPSA) is 87.8 Å². The zero-order valence-electron chi connectivity index (χ0n) is 12.3. The summed E-state index contributed by atoms with van der Waals surface area (Å²) in [5.41, 5.74) is 8.12. The molecule has 0 saturated carbocycles. The molecule has 1 heterocycles. The summed E-state index contributed by atoms with van der Waals surface area (Å²) in [7, 11) is 0. The smallest absolute Gasteiger partial charge is 0.225 e. The van der Waals surface area contributed by atoms with Gasteiger partial charge in [-0.05, 0) is 24.6 Å². The minimum atomic E-state index is -0.0492. The normalized spacial score (nSPS) is 19.4. The fourth-order valence-electron chi connectivity index (χ4n) is 2.40. The molecule has 1 fully saturated rings. The molecule has 0 spiro atoms. The third-order valence-corrected chi connectivity index (χ3v) is 3.84. The van der Waals surface area contributed by atoms with Crippen molar-refractivity contribution in [3.05, 3.63) is 23.8 Å². The number of carbonyl (C=O) groups excluding carboxylic acids is 1. The minimum absolute atomic E-state index is 0.0133. The lowest BCUT2D eigenvalue weighted by atomic mass is 10.1. The lowest BCUT2D eigenvalue weighted by Gasteiger charge is -2.34. The van der Waals surface area contributed by atoms with Gasteiger partial charge < -0.3 is 20.9 Å². The van der Waals surface area contributed by atoms with E-state index in [9.17, 15) is 9.90 Å². The maximum Gasteiger partial charge on any atom is 0.225 e. The van der Waals surface area contributed by atoms with Crippen LogP contribution in [-0.4, -0.2) is 54.9 Å². The van der Waals surface area contributed by atoms with Crippen molar-refractivity contribution in [2.24, 2.45) is 0 Å². The van der Waals surface area contributed by atoms with Crippen molar-refractivity contribution < 1.29 is 14.6 Å². The van der Waals surface area contributed by atoms with E-state index in [1.165, 1.54) is 0 Å². The Hall–Kier alpha value is -1.63. The molecule has 4 N–H and O–H groups in total. The van der Waals surface area contributed by atoms with Crippen molar-refractivity contribution in [3.63, 3.8) is 0 Å². The van der Waals surface area contributed by atoms with Crippen LogP contribution in [-0.2, 0) is 9.53 Å². The maximum atomic E-state index is 12.0. The van der Waals surface area contributed by atoms with Crippen molar-refractivity contribution in [1.82, 2.24) is 4.90 Å². The first-order valence-corrected chi connectivity index (χ1v) is 7.19. The number of nitrogens with two attached hydrogens (primary N) is 1. The predicted octanol–water partition coefficient (Wildman–Crippen LogP) is 0.599. The predicted molar refractivity (Wildman–Crippen MR) is 82.1 cm³/mol.